The number of nitrogens with one attached hydrogen (secondary N) is 1. The molecule has 2 aliphatic heterocycles. The number of likely N-dealkylation sites (tertiary alicyclic amines) is 1. The van der Waals surface area contributed by atoms with Gasteiger partial charge in [0.2, 0.25) is 0 Å². The van der Waals surface area contributed by atoms with Gasteiger partial charge in [0, 0.05) is 47.0 Å². The van der Waals surface area contributed by atoms with Crippen LogP contribution in [-0.4, -0.2) is 39.4 Å². The van der Waals surface area contributed by atoms with E-state index in [9.17, 15) is 36.3 Å². The summed E-state index contributed by atoms with van der Waals surface area (Å²) < 4.78 is 78.2. The van der Waals surface area contributed by atoms with Gasteiger partial charge in [-0.3, -0.25) is 14.3 Å². The first kappa shape index (κ1) is 29.9. The summed E-state index contributed by atoms with van der Waals surface area (Å²) in [6.07, 6.45) is -3.68. The summed E-state index contributed by atoms with van der Waals surface area (Å²) in [5, 5.41) is -0.341. The van der Waals surface area contributed by atoms with Crippen molar-refractivity contribution in [3.63, 3.8) is 0 Å². The number of nitrogens with zero attached hydrogens (tertiary/aromatic N) is 2. The van der Waals surface area contributed by atoms with Gasteiger partial charge in [-0.1, -0.05) is 30.3 Å². The van der Waals surface area contributed by atoms with Crippen molar-refractivity contribution in [3.05, 3.63) is 98.2 Å². The van der Waals surface area contributed by atoms with E-state index in [4.69, 9.17) is 4.74 Å². The number of piperidine rings is 1. The Kier molecular flexibility index (Phi) is 7.99. The first-order chi connectivity index (χ1) is 21.0. The first-order valence-electron chi connectivity index (χ1n) is 14.0. The average molecular weight is 632 g/mol. The van der Waals surface area contributed by atoms with E-state index < -0.39 is 57.9 Å². The highest BCUT2D eigenvalue weighted by molar-refractivity contribution is 7.99. The third-order valence-electron chi connectivity index (χ3n) is 8.15. The SMILES string of the molecule is O=C(OCc1ccccc1)N1CCC(C[C@H]2CSc3c(-c4ccc(F)cc4F)c(C(F)(F)F)cc4c(=O)[nH]c(=O)n2c34)CC1. The predicted molar refractivity (Wildman–Crippen MR) is 154 cm³/mol. The molecule has 0 unspecified atom stereocenters. The summed E-state index contributed by atoms with van der Waals surface area (Å²) in [7, 11) is 0. The maximum atomic E-state index is 14.9. The lowest BCUT2D eigenvalue weighted by Gasteiger charge is -2.35. The number of benzene rings is 3. The van der Waals surface area contributed by atoms with Crippen LogP contribution in [-0.2, 0) is 17.5 Å². The van der Waals surface area contributed by atoms with Crippen LogP contribution in [0.2, 0.25) is 0 Å². The van der Waals surface area contributed by atoms with Crippen molar-refractivity contribution in [2.45, 2.75) is 43.0 Å². The number of aromatic amines is 1. The molecule has 1 amide bonds. The van der Waals surface area contributed by atoms with Gasteiger partial charge in [0.15, 0.2) is 0 Å². The molecular formula is C31H26F5N3O4S. The molecular weight excluding hydrogens is 605 g/mol. The number of amides is 1. The molecule has 13 heteroatoms. The molecule has 1 aromatic heterocycles. The molecule has 4 aromatic rings. The number of carbonyl (C=O) groups excluding carboxylic acids is 1. The number of ether oxygens (including phenoxy) is 1. The summed E-state index contributed by atoms with van der Waals surface area (Å²) in [5.41, 5.74) is -3.16. The summed E-state index contributed by atoms with van der Waals surface area (Å²) in [5.74, 6) is -1.88. The number of rotatable bonds is 5. The highest BCUT2D eigenvalue weighted by Crippen LogP contribution is 2.49. The summed E-state index contributed by atoms with van der Waals surface area (Å²) in [6, 6.07) is 11.7. The molecule has 2 aliphatic rings. The molecule has 6 rings (SSSR count). The van der Waals surface area contributed by atoms with Crippen LogP contribution in [0.1, 0.15) is 36.4 Å². The van der Waals surface area contributed by atoms with E-state index >= 15 is 0 Å². The molecule has 44 heavy (non-hydrogen) atoms. The van der Waals surface area contributed by atoms with Crippen LogP contribution in [0.3, 0.4) is 0 Å². The Labute approximate surface area is 251 Å². The molecule has 1 saturated heterocycles. The molecule has 1 N–H and O–H groups in total. The lowest BCUT2D eigenvalue weighted by atomic mass is 9.90. The third-order valence-corrected chi connectivity index (χ3v) is 9.39. The standard InChI is InChI=1S/C31H26F5N3O4S/c32-19-6-7-21(24(33)13-19)25-23(31(34,35)36)14-22-26-27(25)44-16-20(39(26)29(41)37-28(22)40)12-17-8-10-38(11-9-17)30(42)43-15-18-4-2-1-3-5-18/h1-7,13-14,17,20H,8-12,15-16H2,(H,37,40,41)/t20-/m0/s1. The molecule has 3 heterocycles. The second kappa shape index (κ2) is 11.8. The van der Waals surface area contributed by atoms with E-state index in [0.29, 0.717) is 44.5 Å². The predicted octanol–water partition coefficient (Wildman–Crippen LogP) is 6.74. The zero-order valence-electron chi connectivity index (χ0n) is 23.1. The van der Waals surface area contributed by atoms with Crippen molar-refractivity contribution in [1.29, 1.82) is 0 Å². The van der Waals surface area contributed by atoms with Gasteiger partial charge in [0.25, 0.3) is 5.56 Å². The van der Waals surface area contributed by atoms with Gasteiger partial charge >= 0.3 is 18.0 Å². The average Bonchev–Trinajstić information content (AvgIpc) is 2.99. The van der Waals surface area contributed by atoms with Crippen LogP contribution in [0.5, 0.6) is 0 Å². The molecule has 0 spiro atoms. The van der Waals surface area contributed by atoms with E-state index in [1.54, 1.807) is 4.90 Å². The monoisotopic (exact) mass is 631 g/mol. The van der Waals surface area contributed by atoms with E-state index in [0.717, 1.165) is 29.5 Å². The molecule has 3 aromatic carbocycles. The van der Waals surface area contributed by atoms with Crippen molar-refractivity contribution < 1.29 is 31.5 Å². The quantitative estimate of drug-likeness (QED) is 0.247. The summed E-state index contributed by atoms with van der Waals surface area (Å²) >= 11 is 1.01. The van der Waals surface area contributed by atoms with Gasteiger partial charge < -0.3 is 9.64 Å². The molecule has 7 nitrogen and oxygen atoms in total. The largest absolute Gasteiger partial charge is 0.445 e. The van der Waals surface area contributed by atoms with Crippen LogP contribution in [0, 0.1) is 17.6 Å². The fourth-order valence-corrected chi connectivity index (χ4v) is 7.39. The smallest absolute Gasteiger partial charge is 0.417 e. The van der Waals surface area contributed by atoms with Gasteiger partial charge in [-0.25, -0.2) is 18.4 Å². The van der Waals surface area contributed by atoms with Gasteiger partial charge in [-0.15, -0.1) is 11.8 Å². The lowest BCUT2D eigenvalue weighted by molar-refractivity contribution is -0.137. The van der Waals surface area contributed by atoms with E-state index in [-0.39, 0.29) is 34.1 Å². The van der Waals surface area contributed by atoms with Crippen molar-refractivity contribution in [1.82, 2.24) is 14.5 Å². The highest BCUT2D eigenvalue weighted by Gasteiger charge is 2.39. The minimum absolute atomic E-state index is 0.00588. The zero-order valence-corrected chi connectivity index (χ0v) is 23.9. The van der Waals surface area contributed by atoms with Crippen LogP contribution >= 0.6 is 11.8 Å². The number of thioether (sulfide) groups is 1. The number of halogens is 5. The maximum Gasteiger partial charge on any atom is 0.417 e. The van der Waals surface area contributed by atoms with E-state index in [2.05, 4.69) is 4.98 Å². The van der Waals surface area contributed by atoms with Gasteiger partial charge in [0.1, 0.15) is 18.2 Å². The van der Waals surface area contributed by atoms with E-state index in [1.807, 2.05) is 30.3 Å². The van der Waals surface area contributed by atoms with Gasteiger partial charge in [-0.05, 0) is 48.9 Å². The molecule has 1 atom stereocenters. The van der Waals surface area contributed by atoms with E-state index in [1.165, 1.54) is 4.57 Å². The van der Waals surface area contributed by atoms with Crippen LogP contribution in [0.25, 0.3) is 22.0 Å². The van der Waals surface area contributed by atoms with Crippen LogP contribution < -0.4 is 11.2 Å². The molecule has 0 saturated carbocycles. The summed E-state index contributed by atoms with van der Waals surface area (Å²) in [6.45, 7) is 1.03. The molecule has 0 bridgehead atoms. The molecule has 0 radical (unpaired) electrons. The number of alkyl halides is 3. The number of carbonyl (C=O) groups is 1. The second-order valence-electron chi connectivity index (χ2n) is 10.9. The van der Waals surface area contributed by atoms with Gasteiger partial charge in [0.05, 0.1) is 16.5 Å². The number of H-pyrrole nitrogens is 1. The number of hydrogen-bond acceptors (Lipinski definition) is 5. The minimum atomic E-state index is -4.97. The van der Waals surface area contributed by atoms with Crippen molar-refractivity contribution >= 4 is 28.8 Å². The molecule has 0 aliphatic carbocycles. The first-order valence-corrected chi connectivity index (χ1v) is 15.0. The second-order valence-corrected chi connectivity index (χ2v) is 12.0. The highest BCUT2D eigenvalue weighted by atomic mass is 32.2. The Morgan fingerprint density at radius 1 is 1.02 bits per heavy atom. The van der Waals surface area contributed by atoms with Crippen LogP contribution in [0.15, 0.2) is 69.1 Å². The van der Waals surface area contributed by atoms with Crippen LogP contribution in [0.4, 0.5) is 26.7 Å². The Morgan fingerprint density at radius 3 is 2.43 bits per heavy atom. The van der Waals surface area contributed by atoms with Crippen molar-refractivity contribution in [3.8, 4) is 11.1 Å². The zero-order chi connectivity index (χ0) is 31.2. The Hall–Kier alpha value is -4.13. The van der Waals surface area contributed by atoms with Crippen molar-refractivity contribution in [2.75, 3.05) is 18.8 Å². The Bertz CT molecular complexity index is 1850. The number of hydrogen-bond donors (Lipinski definition) is 1. The normalized spacial score (nSPS) is 17.2. The third kappa shape index (κ3) is 5.72. The fourth-order valence-electron chi connectivity index (χ4n) is 6.03. The maximum absolute atomic E-state index is 14.9. The Morgan fingerprint density at radius 2 is 1.75 bits per heavy atom. The number of aromatic nitrogens is 2. The lowest BCUT2D eigenvalue weighted by Crippen LogP contribution is -2.41. The van der Waals surface area contributed by atoms with Crippen molar-refractivity contribution in [2.24, 2.45) is 5.92 Å². The molecule has 1 fully saturated rings. The van der Waals surface area contributed by atoms with Gasteiger partial charge in [-0.2, -0.15) is 13.2 Å². The topological polar surface area (TPSA) is 84.4 Å². The fraction of sp³-hybridized carbons (Fsp3) is 0.323. The Balaban J connectivity index is 1.29. The minimum Gasteiger partial charge on any atom is -0.445 e. The molecule has 230 valence electrons. The summed E-state index contributed by atoms with van der Waals surface area (Å²) in [4.78, 5) is 42.3.